The monoisotopic (exact) mass is 217 g/mol. The van der Waals surface area contributed by atoms with Crippen molar-refractivity contribution in [2.45, 2.75) is 12.3 Å². The highest BCUT2D eigenvalue weighted by atomic mass is 35.5. The fourth-order valence-corrected chi connectivity index (χ4v) is 1.18. The third-order valence-corrected chi connectivity index (χ3v) is 1.93. The minimum absolute atomic E-state index is 0.0250. The third kappa shape index (κ3) is 1.91. The van der Waals surface area contributed by atoms with Gasteiger partial charge in [-0.15, -0.1) is 11.6 Å². The first kappa shape index (κ1) is 10.7. The average Bonchev–Trinajstić information content (AvgIpc) is 2.17. The van der Waals surface area contributed by atoms with Crippen LogP contribution in [0.1, 0.15) is 23.4 Å². The van der Waals surface area contributed by atoms with E-state index in [0.29, 0.717) is 5.56 Å². The molecule has 2 N–H and O–H groups in total. The van der Waals surface area contributed by atoms with Crippen molar-refractivity contribution in [3.05, 3.63) is 23.0 Å². The molecule has 0 bridgehead atoms. The molecule has 1 heterocycles. The van der Waals surface area contributed by atoms with Gasteiger partial charge in [0.05, 0.1) is 5.69 Å². The zero-order valence-electron chi connectivity index (χ0n) is 6.97. The van der Waals surface area contributed by atoms with Gasteiger partial charge in [0.25, 0.3) is 6.43 Å². The van der Waals surface area contributed by atoms with Crippen molar-refractivity contribution in [3.63, 3.8) is 0 Å². The fourth-order valence-electron chi connectivity index (χ4n) is 0.964. The van der Waals surface area contributed by atoms with Gasteiger partial charge in [0.1, 0.15) is 17.5 Å². The van der Waals surface area contributed by atoms with Gasteiger partial charge < -0.3 is 5.73 Å². The molecule has 0 aromatic carbocycles. The van der Waals surface area contributed by atoms with Crippen molar-refractivity contribution in [1.29, 1.82) is 5.26 Å². The lowest BCUT2D eigenvalue weighted by Crippen LogP contribution is -2.04. The Morgan fingerprint density at radius 3 is 2.71 bits per heavy atom. The normalized spacial score (nSPS) is 10.2. The van der Waals surface area contributed by atoms with Gasteiger partial charge in [-0.25, -0.2) is 13.8 Å². The highest BCUT2D eigenvalue weighted by Gasteiger charge is 2.17. The second-order valence-electron chi connectivity index (χ2n) is 2.51. The molecule has 3 nitrogen and oxygen atoms in total. The molecule has 74 valence electrons. The van der Waals surface area contributed by atoms with Crippen molar-refractivity contribution in [3.8, 4) is 6.07 Å². The predicted octanol–water partition coefficient (Wildman–Crippen LogP) is 2.21. The van der Waals surface area contributed by atoms with Crippen LogP contribution in [0.5, 0.6) is 0 Å². The molecule has 0 unspecified atom stereocenters. The molecule has 0 saturated heterocycles. The number of nitrogen functional groups attached to an aromatic ring is 1. The molecule has 0 saturated carbocycles. The number of nitrogens with zero attached hydrogens (tertiary/aromatic N) is 2. The standard InChI is InChI=1S/C8H6ClF2N3/c9-2-4-1-5(3-12)14-7(6(4)13)8(10)11/h1,8H,2,13H2. The lowest BCUT2D eigenvalue weighted by atomic mass is 10.1. The molecule has 1 aromatic heterocycles. The van der Waals surface area contributed by atoms with Gasteiger partial charge in [0.2, 0.25) is 0 Å². The largest absolute Gasteiger partial charge is 0.397 e. The van der Waals surface area contributed by atoms with Gasteiger partial charge in [-0.05, 0) is 11.6 Å². The zero-order valence-corrected chi connectivity index (χ0v) is 7.72. The maximum Gasteiger partial charge on any atom is 0.282 e. The number of nitrogens with two attached hydrogens (primary N) is 1. The summed E-state index contributed by atoms with van der Waals surface area (Å²) in [6.45, 7) is 0. The number of nitriles is 1. The summed E-state index contributed by atoms with van der Waals surface area (Å²) in [5, 5.41) is 8.51. The van der Waals surface area contributed by atoms with E-state index in [1.165, 1.54) is 6.07 Å². The summed E-state index contributed by atoms with van der Waals surface area (Å²) < 4.78 is 24.7. The number of hydrogen-bond acceptors (Lipinski definition) is 3. The summed E-state index contributed by atoms with van der Waals surface area (Å²) in [5.74, 6) is -0.0250. The molecule has 1 aromatic rings. The molecule has 0 aliphatic carbocycles. The molecule has 0 fully saturated rings. The quantitative estimate of drug-likeness (QED) is 0.773. The topological polar surface area (TPSA) is 62.7 Å². The van der Waals surface area contributed by atoms with Crippen molar-refractivity contribution < 1.29 is 8.78 Å². The predicted molar refractivity (Wildman–Crippen MR) is 47.9 cm³/mol. The highest BCUT2D eigenvalue weighted by molar-refractivity contribution is 6.17. The maximum atomic E-state index is 12.4. The second kappa shape index (κ2) is 4.20. The second-order valence-corrected chi connectivity index (χ2v) is 2.78. The lowest BCUT2D eigenvalue weighted by molar-refractivity contribution is 0.147. The van der Waals surface area contributed by atoms with Gasteiger partial charge in [-0.1, -0.05) is 0 Å². The zero-order chi connectivity index (χ0) is 10.7. The number of halogens is 3. The fraction of sp³-hybridized carbons (Fsp3) is 0.250. The first-order valence-electron chi connectivity index (χ1n) is 3.63. The van der Waals surface area contributed by atoms with E-state index < -0.39 is 12.1 Å². The lowest BCUT2D eigenvalue weighted by Gasteiger charge is -2.07. The number of hydrogen-bond donors (Lipinski definition) is 1. The first-order valence-corrected chi connectivity index (χ1v) is 4.17. The Bertz CT molecular complexity index is 387. The molecule has 0 spiro atoms. The van der Waals surface area contributed by atoms with Crippen molar-refractivity contribution in [2.75, 3.05) is 5.73 Å². The van der Waals surface area contributed by atoms with Gasteiger partial charge in [0, 0.05) is 5.88 Å². The van der Waals surface area contributed by atoms with Crippen LogP contribution < -0.4 is 5.73 Å². The summed E-state index contributed by atoms with van der Waals surface area (Å²) in [6.07, 6.45) is -2.80. The summed E-state index contributed by atoms with van der Waals surface area (Å²) in [5.41, 5.74) is 4.85. The average molecular weight is 218 g/mol. The Morgan fingerprint density at radius 2 is 2.29 bits per heavy atom. The first-order chi connectivity index (χ1) is 6.60. The number of aromatic nitrogens is 1. The van der Waals surface area contributed by atoms with Crippen LogP contribution in [-0.2, 0) is 5.88 Å². The molecule has 0 aliphatic rings. The van der Waals surface area contributed by atoms with Crippen LogP contribution in [0, 0.1) is 11.3 Å². The molecule has 0 atom stereocenters. The molecule has 1 rings (SSSR count). The van der Waals surface area contributed by atoms with E-state index >= 15 is 0 Å². The van der Waals surface area contributed by atoms with Gasteiger partial charge in [-0.3, -0.25) is 0 Å². The Morgan fingerprint density at radius 1 is 1.64 bits per heavy atom. The van der Waals surface area contributed by atoms with Crippen molar-refractivity contribution in [1.82, 2.24) is 4.98 Å². The van der Waals surface area contributed by atoms with Crippen molar-refractivity contribution >= 4 is 17.3 Å². The number of anilines is 1. The van der Waals surface area contributed by atoms with Gasteiger partial charge in [0.15, 0.2) is 0 Å². The minimum atomic E-state index is -2.80. The van der Waals surface area contributed by atoms with E-state index in [0.717, 1.165) is 0 Å². The van der Waals surface area contributed by atoms with Crippen LogP contribution >= 0.6 is 11.6 Å². The molecular weight excluding hydrogens is 212 g/mol. The summed E-state index contributed by atoms with van der Waals surface area (Å²) in [7, 11) is 0. The maximum absolute atomic E-state index is 12.4. The van der Waals surface area contributed by atoms with E-state index in [1.54, 1.807) is 6.07 Å². The smallest absolute Gasteiger partial charge is 0.282 e. The Balaban J connectivity index is 3.36. The van der Waals surface area contributed by atoms with E-state index in [-0.39, 0.29) is 17.3 Å². The Hall–Kier alpha value is -1.41. The van der Waals surface area contributed by atoms with Crippen LogP contribution in [0.4, 0.5) is 14.5 Å². The van der Waals surface area contributed by atoms with Gasteiger partial charge in [-0.2, -0.15) is 5.26 Å². The third-order valence-electron chi connectivity index (χ3n) is 1.64. The Labute approximate surface area is 84.1 Å². The van der Waals surface area contributed by atoms with Crippen LogP contribution in [0.15, 0.2) is 6.07 Å². The SMILES string of the molecule is N#Cc1cc(CCl)c(N)c(C(F)F)n1. The van der Waals surface area contributed by atoms with Crippen LogP contribution in [0.3, 0.4) is 0 Å². The van der Waals surface area contributed by atoms with E-state index in [4.69, 9.17) is 22.6 Å². The molecular formula is C8H6ClF2N3. The molecule has 0 aliphatic heterocycles. The van der Waals surface area contributed by atoms with E-state index in [1.807, 2.05) is 0 Å². The van der Waals surface area contributed by atoms with Crippen molar-refractivity contribution in [2.24, 2.45) is 0 Å². The number of rotatable bonds is 2. The van der Waals surface area contributed by atoms with Crippen LogP contribution in [0.2, 0.25) is 0 Å². The van der Waals surface area contributed by atoms with E-state index in [2.05, 4.69) is 4.98 Å². The summed E-state index contributed by atoms with van der Waals surface area (Å²) in [6, 6.07) is 2.97. The van der Waals surface area contributed by atoms with E-state index in [9.17, 15) is 8.78 Å². The molecule has 0 radical (unpaired) electrons. The van der Waals surface area contributed by atoms with Gasteiger partial charge >= 0.3 is 0 Å². The Kier molecular flexibility index (Phi) is 3.20. The van der Waals surface area contributed by atoms with Crippen LogP contribution in [0.25, 0.3) is 0 Å². The number of alkyl halides is 3. The summed E-state index contributed by atoms with van der Waals surface area (Å²) in [4.78, 5) is 3.40. The summed E-state index contributed by atoms with van der Waals surface area (Å²) >= 11 is 5.48. The van der Waals surface area contributed by atoms with Crippen LogP contribution in [-0.4, -0.2) is 4.98 Å². The number of pyridine rings is 1. The molecule has 6 heteroatoms. The highest BCUT2D eigenvalue weighted by Crippen LogP contribution is 2.27. The minimum Gasteiger partial charge on any atom is -0.397 e. The molecule has 14 heavy (non-hydrogen) atoms. The molecule has 0 amide bonds.